The van der Waals surface area contributed by atoms with Crippen molar-refractivity contribution in [2.24, 2.45) is 5.41 Å². The average molecular weight is 396 g/mol. The molecule has 4 rings (SSSR count). The van der Waals surface area contributed by atoms with Crippen LogP contribution in [0.3, 0.4) is 0 Å². The first kappa shape index (κ1) is 18.4. The molecule has 2 aromatic carbocycles. The number of amides is 1. The highest BCUT2D eigenvalue weighted by Crippen LogP contribution is 2.42. The first-order chi connectivity index (χ1) is 13.4. The van der Waals surface area contributed by atoms with Crippen LogP contribution in [-0.4, -0.2) is 36.1 Å². The number of aliphatic carboxylic acids is 1. The predicted molar refractivity (Wildman–Crippen MR) is 108 cm³/mol. The van der Waals surface area contributed by atoms with Gasteiger partial charge in [0.05, 0.1) is 29.2 Å². The molecule has 0 bridgehead atoms. The number of nitrogens with zero attached hydrogens (tertiary/aromatic N) is 2. The Bertz CT molecular complexity index is 1050. The lowest BCUT2D eigenvalue weighted by atomic mass is 9.80. The van der Waals surface area contributed by atoms with Gasteiger partial charge in [0.2, 0.25) is 5.91 Å². The lowest BCUT2D eigenvalue weighted by Gasteiger charge is -2.30. The van der Waals surface area contributed by atoms with E-state index in [0.29, 0.717) is 23.7 Å². The molecule has 1 amide bonds. The van der Waals surface area contributed by atoms with E-state index in [1.807, 2.05) is 42.5 Å². The normalized spacial score (nSPS) is 14.6. The molecule has 6 nitrogen and oxygen atoms in total. The van der Waals surface area contributed by atoms with Gasteiger partial charge in [-0.05, 0) is 36.1 Å². The number of hydrogen-bond donors (Lipinski definition) is 1. The highest BCUT2D eigenvalue weighted by molar-refractivity contribution is 7.22. The lowest BCUT2D eigenvalue weighted by Crippen LogP contribution is -2.44. The van der Waals surface area contributed by atoms with Gasteiger partial charge < -0.3 is 9.84 Å². The fourth-order valence-corrected chi connectivity index (χ4v) is 4.85. The van der Waals surface area contributed by atoms with E-state index >= 15 is 0 Å². The molecule has 1 N–H and O–H groups in total. The van der Waals surface area contributed by atoms with Crippen molar-refractivity contribution in [1.29, 1.82) is 0 Å². The Balaban J connectivity index is 1.68. The van der Waals surface area contributed by atoms with E-state index in [1.54, 1.807) is 14.2 Å². The van der Waals surface area contributed by atoms with Crippen molar-refractivity contribution in [2.45, 2.75) is 19.3 Å². The van der Waals surface area contributed by atoms with Crippen LogP contribution in [0.15, 0.2) is 42.5 Å². The minimum Gasteiger partial charge on any atom is -0.497 e. The Morgan fingerprint density at radius 1 is 1.21 bits per heavy atom. The van der Waals surface area contributed by atoms with Gasteiger partial charge in [-0.2, -0.15) is 0 Å². The molecule has 1 heterocycles. The first-order valence-electron chi connectivity index (χ1n) is 8.93. The number of methoxy groups -OCH3 is 1. The quantitative estimate of drug-likeness (QED) is 0.714. The summed E-state index contributed by atoms with van der Waals surface area (Å²) < 4.78 is 6.18. The maximum atomic E-state index is 13.5. The van der Waals surface area contributed by atoms with Crippen molar-refractivity contribution in [3.05, 3.63) is 53.6 Å². The zero-order valence-corrected chi connectivity index (χ0v) is 16.5. The van der Waals surface area contributed by atoms with Crippen molar-refractivity contribution < 1.29 is 19.4 Å². The molecule has 0 spiro atoms. The van der Waals surface area contributed by atoms with E-state index in [0.717, 1.165) is 21.3 Å². The summed E-state index contributed by atoms with van der Waals surface area (Å²) in [5, 5.41) is 10.0. The van der Waals surface area contributed by atoms with Crippen LogP contribution in [0.2, 0.25) is 0 Å². The summed E-state index contributed by atoms with van der Waals surface area (Å²) in [4.78, 5) is 31.1. The molecule has 0 aliphatic heterocycles. The number of hydrogen-bond acceptors (Lipinski definition) is 5. The summed E-state index contributed by atoms with van der Waals surface area (Å²) in [6.07, 6.45) is 0.651. The highest BCUT2D eigenvalue weighted by atomic mass is 32.1. The predicted octanol–water partition coefficient (Wildman–Crippen LogP) is 3.53. The Labute approximate surface area is 166 Å². The maximum absolute atomic E-state index is 13.5. The molecule has 0 unspecified atom stereocenters. The van der Waals surface area contributed by atoms with Gasteiger partial charge >= 0.3 is 5.97 Å². The van der Waals surface area contributed by atoms with E-state index in [9.17, 15) is 14.7 Å². The number of ether oxygens (including phenoxy) is 1. The number of rotatable bonds is 5. The van der Waals surface area contributed by atoms with E-state index in [1.165, 1.54) is 16.2 Å². The van der Waals surface area contributed by atoms with Gasteiger partial charge in [-0.1, -0.05) is 35.6 Å². The SMILES string of the molecule is COc1ccc2sc(N(C)C(=O)C3(CC(=O)O)Cc4ccccc4C3)nc2c1. The third kappa shape index (κ3) is 3.11. The molecule has 0 saturated heterocycles. The van der Waals surface area contributed by atoms with E-state index in [4.69, 9.17) is 4.74 Å². The smallest absolute Gasteiger partial charge is 0.304 e. The molecule has 28 heavy (non-hydrogen) atoms. The second kappa shape index (κ2) is 6.91. The summed E-state index contributed by atoms with van der Waals surface area (Å²) in [5.74, 6) is -0.479. The van der Waals surface area contributed by atoms with Crippen LogP contribution in [0.4, 0.5) is 5.13 Å². The van der Waals surface area contributed by atoms with Gasteiger partial charge in [-0.15, -0.1) is 0 Å². The number of thiazole rings is 1. The molecule has 144 valence electrons. The summed E-state index contributed by atoms with van der Waals surface area (Å²) in [7, 11) is 3.27. The molecular weight excluding hydrogens is 376 g/mol. The summed E-state index contributed by atoms with van der Waals surface area (Å²) >= 11 is 1.40. The van der Waals surface area contributed by atoms with Gasteiger partial charge in [0, 0.05) is 13.1 Å². The van der Waals surface area contributed by atoms with Gasteiger partial charge in [0.15, 0.2) is 5.13 Å². The molecule has 0 saturated carbocycles. The number of fused-ring (bicyclic) bond motifs is 2. The maximum Gasteiger partial charge on any atom is 0.304 e. The molecule has 0 atom stereocenters. The lowest BCUT2D eigenvalue weighted by molar-refractivity contribution is -0.144. The second-order valence-corrected chi connectivity index (χ2v) is 8.18. The van der Waals surface area contributed by atoms with E-state index < -0.39 is 11.4 Å². The van der Waals surface area contributed by atoms with Crippen LogP contribution in [0.1, 0.15) is 17.5 Å². The fraction of sp³-hybridized carbons (Fsp3) is 0.286. The fourth-order valence-electron chi connectivity index (χ4n) is 3.94. The monoisotopic (exact) mass is 396 g/mol. The minimum absolute atomic E-state index is 0.205. The number of anilines is 1. The van der Waals surface area contributed by atoms with Crippen LogP contribution in [0.25, 0.3) is 10.2 Å². The number of aromatic nitrogens is 1. The standard InChI is InChI=1S/C21H20N2O4S/c1-23(20-22-16-9-15(27-2)7-8-17(16)28-20)19(26)21(12-18(24)25)10-13-5-3-4-6-14(13)11-21/h3-9H,10-12H2,1-2H3,(H,24,25). The molecule has 1 aliphatic carbocycles. The van der Waals surface area contributed by atoms with Gasteiger partial charge in [0.1, 0.15) is 5.75 Å². The van der Waals surface area contributed by atoms with Crippen LogP contribution >= 0.6 is 11.3 Å². The largest absolute Gasteiger partial charge is 0.497 e. The van der Waals surface area contributed by atoms with Crippen molar-refractivity contribution in [2.75, 3.05) is 19.1 Å². The number of carbonyl (C=O) groups excluding carboxylic acids is 1. The number of carbonyl (C=O) groups is 2. The van der Waals surface area contributed by atoms with E-state index in [2.05, 4.69) is 4.98 Å². The van der Waals surface area contributed by atoms with Gasteiger partial charge in [-0.25, -0.2) is 4.98 Å². The third-order valence-electron chi connectivity index (χ3n) is 5.29. The van der Waals surface area contributed by atoms with Crippen LogP contribution in [-0.2, 0) is 22.4 Å². The zero-order valence-electron chi connectivity index (χ0n) is 15.6. The highest BCUT2D eigenvalue weighted by Gasteiger charge is 2.47. The van der Waals surface area contributed by atoms with Crippen LogP contribution < -0.4 is 9.64 Å². The van der Waals surface area contributed by atoms with Crippen LogP contribution in [0, 0.1) is 5.41 Å². The zero-order chi connectivity index (χ0) is 19.9. The molecule has 7 heteroatoms. The van der Waals surface area contributed by atoms with Crippen molar-refractivity contribution in [3.8, 4) is 5.75 Å². The molecular formula is C21H20N2O4S. The number of carboxylic acid groups (broad SMARTS) is 1. The third-order valence-corrected chi connectivity index (χ3v) is 6.41. The van der Waals surface area contributed by atoms with E-state index in [-0.39, 0.29) is 12.3 Å². The number of benzene rings is 2. The Morgan fingerprint density at radius 3 is 2.50 bits per heavy atom. The second-order valence-electron chi connectivity index (χ2n) is 7.17. The van der Waals surface area contributed by atoms with Crippen molar-refractivity contribution in [1.82, 2.24) is 4.98 Å². The van der Waals surface area contributed by atoms with Crippen molar-refractivity contribution >= 4 is 38.6 Å². The van der Waals surface area contributed by atoms with Gasteiger partial charge in [-0.3, -0.25) is 14.5 Å². The molecule has 0 radical (unpaired) electrons. The van der Waals surface area contributed by atoms with Crippen molar-refractivity contribution in [3.63, 3.8) is 0 Å². The Kier molecular flexibility index (Phi) is 4.55. The average Bonchev–Trinajstić information content (AvgIpc) is 3.26. The summed E-state index contributed by atoms with van der Waals surface area (Å²) in [6.45, 7) is 0. The van der Waals surface area contributed by atoms with Gasteiger partial charge in [0.25, 0.3) is 0 Å². The molecule has 1 aromatic heterocycles. The molecule has 3 aromatic rings. The summed E-state index contributed by atoms with van der Waals surface area (Å²) in [5.41, 5.74) is 1.85. The van der Waals surface area contributed by atoms with Crippen LogP contribution in [0.5, 0.6) is 5.75 Å². The first-order valence-corrected chi connectivity index (χ1v) is 9.75. The topological polar surface area (TPSA) is 79.7 Å². The minimum atomic E-state index is -0.986. The Morgan fingerprint density at radius 2 is 1.89 bits per heavy atom. The summed E-state index contributed by atoms with van der Waals surface area (Å²) in [6, 6.07) is 13.4. The number of carboxylic acids is 1. The molecule has 0 fully saturated rings. The molecule has 1 aliphatic rings. The Hall–Kier alpha value is -2.93.